The second kappa shape index (κ2) is 5.48. The van der Waals surface area contributed by atoms with E-state index in [1.165, 1.54) is 16.9 Å². The van der Waals surface area contributed by atoms with Crippen LogP contribution < -0.4 is 10.1 Å². The number of hydrogen-bond donors (Lipinski definition) is 2. The lowest BCUT2D eigenvalue weighted by Crippen LogP contribution is -2.83. The zero-order valence-electron chi connectivity index (χ0n) is 12.9. The summed E-state index contributed by atoms with van der Waals surface area (Å²) >= 11 is 0. The SMILES string of the molecule is COc1cc([C@H]2[NH2+]Cc3ccccc3-n3cccc32)ccc1O. The van der Waals surface area contributed by atoms with E-state index in [1.54, 1.807) is 13.2 Å². The molecule has 1 aliphatic rings. The number of fused-ring (bicyclic) bond motifs is 3. The van der Waals surface area contributed by atoms with Gasteiger partial charge in [0.1, 0.15) is 6.54 Å². The summed E-state index contributed by atoms with van der Waals surface area (Å²) in [7, 11) is 1.58. The molecular weight excluding hydrogens is 288 g/mol. The van der Waals surface area contributed by atoms with Gasteiger partial charge in [-0.15, -0.1) is 0 Å². The van der Waals surface area contributed by atoms with Crippen LogP contribution in [-0.2, 0) is 6.54 Å². The van der Waals surface area contributed by atoms with Crippen LogP contribution in [0.4, 0.5) is 0 Å². The molecule has 1 aliphatic heterocycles. The maximum absolute atomic E-state index is 9.85. The zero-order valence-corrected chi connectivity index (χ0v) is 12.9. The number of aromatic hydroxyl groups is 1. The van der Waals surface area contributed by atoms with Crippen molar-refractivity contribution in [3.05, 3.63) is 77.6 Å². The second-order valence-corrected chi connectivity index (χ2v) is 5.78. The smallest absolute Gasteiger partial charge is 0.160 e. The van der Waals surface area contributed by atoms with Crippen molar-refractivity contribution in [1.29, 1.82) is 0 Å². The predicted molar refractivity (Wildman–Crippen MR) is 87.9 cm³/mol. The first-order valence-electron chi connectivity index (χ1n) is 7.73. The molecule has 3 aromatic rings. The second-order valence-electron chi connectivity index (χ2n) is 5.78. The van der Waals surface area contributed by atoms with Crippen molar-refractivity contribution in [3.8, 4) is 17.2 Å². The number of hydrogen-bond acceptors (Lipinski definition) is 2. The number of phenolic OH excluding ortho intramolecular Hbond substituents is 1. The monoisotopic (exact) mass is 307 g/mol. The van der Waals surface area contributed by atoms with Crippen LogP contribution >= 0.6 is 0 Å². The third-order valence-electron chi connectivity index (χ3n) is 4.49. The van der Waals surface area contributed by atoms with Crippen LogP contribution in [0.5, 0.6) is 11.5 Å². The molecule has 0 saturated heterocycles. The molecule has 0 saturated carbocycles. The number of nitrogens with zero attached hydrogens (tertiary/aromatic N) is 1. The summed E-state index contributed by atoms with van der Waals surface area (Å²) in [5.74, 6) is 0.680. The van der Waals surface area contributed by atoms with Gasteiger partial charge in [-0.1, -0.05) is 18.2 Å². The summed E-state index contributed by atoms with van der Waals surface area (Å²) in [6.07, 6.45) is 2.11. The zero-order chi connectivity index (χ0) is 15.8. The highest BCUT2D eigenvalue weighted by atomic mass is 16.5. The molecule has 3 N–H and O–H groups in total. The minimum absolute atomic E-state index is 0.159. The molecule has 0 bridgehead atoms. The summed E-state index contributed by atoms with van der Waals surface area (Å²) in [4.78, 5) is 0. The van der Waals surface area contributed by atoms with Crippen molar-refractivity contribution >= 4 is 0 Å². The molecule has 0 aliphatic carbocycles. The summed E-state index contributed by atoms with van der Waals surface area (Å²) in [6.45, 7) is 0.908. The molecule has 2 aromatic carbocycles. The summed E-state index contributed by atoms with van der Waals surface area (Å²) in [5, 5.41) is 12.2. The van der Waals surface area contributed by atoms with Crippen molar-refractivity contribution < 1.29 is 15.2 Å². The number of para-hydroxylation sites is 1. The third-order valence-corrected chi connectivity index (χ3v) is 4.49. The van der Waals surface area contributed by atoms with Gasteiger partial charge in [-0.2, -0.15) is 0 Å². The number of methoxy groups -OCH3 is 1. The Morgan fingerprint density at radius 1 is 1.13 bits per heavy atom. The Balaban J connectivity index is 1.84. The van der Waals surface area contributed by atoms with Crippen LogP contribution in [0.15, 0.2) is 60.8 Å². The van der Waals surface area contributed by atoms with Crippen LogP contribution in [0, 0.1) is 0 Å². The average Bonchev–Trinajstić information content (AvgIpc) is 3.00. The van der Waals surface area contributed by atoms with Crippen molar-refractivity contribution in [3.63, 3.8) is 0 Å². The van der Waals surface area contributed by atoms with E-state index < -0.39 is 0 Å². The summed E-state index contributed by atoms with van der Waals surface area (Å²) in [5.41, 5.74) is 4.89. The van der Waals surface area contributed by atoms with E-state index in [1.807, 2.05) is 12.1 Å². The molecule has 23 heavy (non-hydrogen) atoms. The summed E-state index contributed by atoms with van der Waals surface area (Å²) in [6, 6.07) is 18.5. The van der Waals surface area contributed by atoms with Crippen molar-refractivity contribution in [1.82, 2.24) is 4.57 Å². The highest BCUT2D eigenvalue weighted by Crippen LogP contribution is 2.32. The van der Waals surface area contributed by atoms with Crippen LogP contribution in [0.1, 0.15) is 22.9 Å². The fourth-order valence-corrected chi connectivity index (χ4v) is 3.35. The van der Waals surface area contributed by atoms with Crippen LogP contribution in [0.25, 0.3) is 5.69 Å². The van der Waals surface area contributed by atoms with Gasteiger partial charge in [0.15, 0.2) is 17.5 Å². The van der Waals surface area contributed by atoms with Gasteiger partial charge in [0.2, 0.25) is 0 Å². The molecule has 0 spiro atoms. The normalized spacial score (nSPS) is 16.3. The molecule has 0 unspecified atom stereocenters. The van der Waals surface area contributed by atoms with E-state index >= 15 is 0 Å². The number of ether oxygens (including phenoxy) is 1. The molecule has 4 heteroatoms. The molecule has 4 nitrogen and oxygen atoms in total. The Kier molecular flexibility index (Phi) is 3.32. The standard InChI is InChI=1S/C19H18N2O2/c1-23-18-11-13(8-9-17(18)22)19-16-7-4-10-21(16)15-6-3-2-5-14(15)12-20-19/h2-11,19-20,22H,12H2,1H3/p+1/t19-/m1/s1. The molecule has 1 atom stereocenters. The van der Waals surface area contributed by atoms with Crippen LogP contribution in [0.3, 0.4) is 0 Å². The lowest BCUT2D eigenvalue weighted by molar-refractivity contribution is -0.702. The van der Waals surface area contributed by atoms with E-state index in [0.717, 1.165) is 12.1 Å². The van der Waals surface area contributed by atoms with Gasteiger partial charge in [-0.05, 0) is 36.4 Å². The average molecular weight is 307 g/mol. The topological polar surface area (TPSA) is 51.0 Å². The Morgan fingerprint density at radius 2 is 2.00 bits per heavy atom. The van der Waals surface area contributed by atoms with Gasteiger partial charge < -0.3 is 19.7 Å². The lowest BCUT2D eigenvalue weighted by Gasteiger charge is -2.16. The molecule has 2 heterocycles. The van der Waals surface area contributed by atoms with E-state index in [9.17, 15) is 5.11 Å². The van der Waals surface area contributed by atoms with Crippen molar-refractivity contribution in [2.45, 2.75) is 12.6 Å². The van der Waals surface area contributed by atoms with Crippen LogP contribution in [-0.4, -0.2) is 16.8 Å². The molecule has 0 amide bonds. The van der Waals surface area contributed by atoms with Crippen molar-refractivity contribution in [2.24, 2.45) is 0 Å². The van der Waals surface area contributed by atoms with Crippen LogP contribution in [0.2, 0.25) is 0 Å². The Morgan fingerprint density at radius 3 is 2.87 bits per heavy atom. The molecule has 4 rings (SSSR count). The van der Waals surface area contributed by atoms with Gasteiger partial charge in [0, 0.05) is 17.3 Å². The van der Waals surface area contributed by atoms with Gasteiger partial charge >= 0.3 is 0 Å². The minimum atomic E-state index is 0.159. The first-order chi connectivity index (χ1) is 11.3. The molecular formula is C19H19N2O2+. The number of nitrogens with two attached hydrogens (primary N) is 1. The minimum Gasteiger partial charge on any atom is -0.504 e. The summed E-state index contributed by atoms with van der Waals surface area (Å²) < 4.78 is 7.52. The Labute approximate surface area is 135 Å². The number of benzene rings is 2. The highest BCUT2D eigenvalue weighted by molar-refractivity contribution is 5.47. The number of aromatic nitrogens is 1. The van der Waals surface area contributed by atoms with E-state index in [-0.39, 0.29) is 11.8 Å². The Hall–Kier alpha value is -2.72. The molecule has 0 fully saturated rings. The van der Waals surface area contributed by atoms with Gasteiger partial charge in [0.25, 0.3) is 0 Å². The van der Waals surface area contributed by atoms with Gasteiger partial charge in [-0.3, -0.25) is 0 Å². The fourth-order valence-electron chi connectivity index (χ4n) is 3.35. The van der Waals surface area contributed by atoms with Gasteiger partial charge in [0.05, 0.1) is 18.5 Å². The van der Waals surface area contributed by atoms with Gasteiger partial charge in [-0.25, -0.2) is 0 Å². The number of rotatable bonds is 2. The Bertz CT molecular complexity index is 854. The molecule has 116 valence electrons. The number of quaternary nitrogens is 1. The van der Waals surface area contributed by atoms with E-state index in [4.69, 9.17) is 4.74 Å². The molecule has 1 aromatic heterocycles. The first kappa shape index (κ1) is 13.9. The lowest BCUT2D eigenvalue weighted by atomic mass is 10.0. The maximum Gasteiger partial charge on any atom is 0.160 e. The highest BCUT2D eigenvalue weighted by Gasteiger charge is 2.26. The third kappa shape index (κ3) is 2.28. The first-order valence-corrected chi connectivity index (χ1v) is 7.73. The molecule has 0 radical (unpaired) electrons. The fraction of sp³-hybridized carbons (Fsp3) is 0.158. The van der Waals surface area contributed by atoms with E-state index in [2.05, 4.69) is 52.5 Å². The maximum atomic E-state index is 9.85. The predicted octanol–water partition coefficient (Wildman–Crippen LogP) is 2.36. The quantitative estimate of drug-likeness (QED) is 0.763. The largest absolute Gasteiger partial charge is 0.504 e. The number of phenols is 1. The van der Waals surface area contributed by atoms with E-state index in [0.29, 0.717) is 5.75 Å². The van der Waals surface area contributed by atoms with Crippen molar-refractivity contribution in [2.75, 3.05) is 7.11 Å².